The highest BCUT2D eigenvalue weighted by molar-refractivity contribution is 5.76. The number of rotatable bonds is 7. The zero-order valence-corrected chi connectivity index (χ0v) is 11.7. The molecule has 0 fully saturated rings. The minimum Gasteiger partial charge on any atom is -0.349 e. The van der Waals surface area contributed by atoms with Gasteiger partial charge in [0.05, 0.1) is 6.04 Å². The summed E-state index contributed by atoms with van der Waals surface area (Å²) >= 11 is 0. The molecule has 1 N–H and O–H groups in total. The first-order chi connectivity index (χ1) is 9.79. The van der Waals surface area contributed by atoms with Gasteiger partial charge >= 0.3 is 0 Å². The Kier molecular flexibility index (Phi) is 5.29. The van der Waals surface area contributed by atoms with Crippen molar-refractivity contribution in [2.75, 3.05) is 0 Å². The van der Waals surface area contributed by atoms with E-state index in [0.717, 1.165) is 24.9 Å². The molecule has 0 spiro atoms. The number of amides is 1. The first-order valence-corrected chi connectivity index (χ1v) is 6.96. The molecule has 1 amide bonds. The van der Waals surface area contributed by atoms with E-state index in [2.05, 4.69) is 22.3 Å². The lowest BCUT2D eigenvalue weighted by Gasteiger charge is -2.17. The second kappa shape index (κ2) is 7.43. The SMILES string of the molecule is CC[C@H](NC(=O)CCCn1cccn1)c1cccnc1. The van der Waals surface area contributed by atoms with Gasteiger partial charge in [-0.15, -0.1) is 0 Å². The van der Waals surface area contributed by atoms with Crippen molar-refractivity contribution in [3.8, 4) is 0 Å². The third kappa shape index (κ3) is 4.19. The van der Waals surface area contributed by atoms with Crippen LogP contribution in [0.2, 0.25) is 0 Å². The van der Waals surface area contributed by atoms with Crippen molar-refractivity contribution in [2.45, 2.75) is 38.8 Å². The van der Waals surface area contributed by atoms with Crippen LogP contribution in [0.3, 0.4) is 0 Å². The van der Waals surface area contributed by atoms with Crippen molar-refractivity contribution in [3.05, 3.63) is 48.5 Å². The van der Waals surface area contributed by atoms with Crippen LogP contribution in [0.5, 0.6) is 0 Å². The molecule has 2 aromatic heterocycles. The summed E-state index contributed by atoms with van der Waals surface area (Å²) < 4.78 is 1.84. The van der Waals surface area contributed by atoms with Gasteiger partial charge in [-0.3, -0.25) is 14.5 Å². The minimum absolute atomic E-state index is 0.0425. The van der Waals surface area contributed by atoms with Crippen molar-refractivity contribution in [3.63, 3.8) is 0 Å². The van der Waals surface area contributed by atoms with Gasteiger partial charge in [-0.1, -0.05) is 13.0 Å². The molecule has 106 valence electrons. The second-order valence-electron chi connectivity index (χ2n) is 4.69. The summed E-state index contributed by atoms with van der Waals surface area (Å²) in [4.78, 5) is 16.0. The van der Waals surface area contributed by atoms with Crippen molar-refractivity contribution < 1.29 is 4.79 Å². The minimum atomic E-state index is 0.0425. The molecule has 0 aliphatic carbocycles. The fourth-order valence-corrected chi connectivity index (χ4v) is 2.10. The van der Waals surface area contributed by atoms with E-state index in [9.17, 15) is 4.79 Å². The fraction of sp³-hybridized carbons (Fsp3) is 0.400. The lowest BCUT2D eigenvalue weighted by Crippen LogP contribution is -2.28. The molecule has 5 nitrogen and oxygen atoms in total. The Morgan fingerprint density at radius 3 is 2.95 bits per heavy atom. The molecule has 0 saturated carbocycles. The third-order valence-corrected chi connectivity index (χ3v) is 3.18. The average molecular weight is 272 g/mol. The number of hydrogen-bond acceptors (Lipinski definition) is 3. The maximum atomic E-state index is 12.0. The molecule has 0 aliphatic heterocycles. The summed E-state index contributed by atoms with van der Waals surface area (Å²) in [5.41, 5.74) is 1.05. The predicted octanol–water partition coefficient (Wildman–Crippen LogP) is 2.33. The van der Waals surface area contributed by atoms with Crippen LogP contribution < -0.4 is 5.32 Å². The summed E-state index contributed by atoms with van der Waals surface area (Å²) in [5.74, 6) is 0.0767. The highest BCUT2D eigenvalue weighted by Gasteiger charge is 2.12. The Hall–Kier alpha value is -2.17. The van der Waals surface area contributed by atoms with Gasteiger partial charge in [0, 0.05) is 37.8 Å². The topological polar surface area (TPSA) is 59.8 Å². The number of nitrogens with zero attached hydrogens (tertiary/aromatic N) is 3. The Morgan fingerprint density at radius 2 is 2.30 bits per heavy atom. The molecule has 0 aromatic carbocycles. The molecule has 0 radical (unpaired) electrons. The van der Waals surface area contributed by atoms with Crippen molar-refractivity contribution in [2.24, 2.45) is 0 Å². The molecular weight excluding hydrogens is 252 g/mol. The lowest BCUT2D eigenvalue weighted by molar-refractivity contribution is -0.122. The monoisotopic (exact) mass is 272 g/mol. The summed E-state index contributed by atoms with van der Waals surface area (Å²) in [7, 11) is 0. The van der Waals surface area contributed by atoms with Gasteiger partial charge < -0.3 is 5.32 Å². The highest BCUT2D eigenvalue weighted by atomic mass is 16.1. The smallest absolute Gasteiger partial charge is 0.220 e. The van der Waals surface area contributed by atoms with Crippen molar-refractivity contribution in [1.29, 1.82) is 0 Å². The van der Waals surface area contributed by atoms with Crippen LogP contribution in [0.4, 0.5) is 0 Å². The van der Waals surface area contributed by atoms with Crippen LogP contribution in [0, 0.1) is 0 Å². The van der Waals surface area contributed by atoms with Gasteiger partial charge in [0.1, 0.15) is 0 Å². The second-order valence-corrected chi connectivity index (χ2v) is 4.69. The summed E-state index contributed by atoms with van der Waals surface area (Å²) in [6.07, 6.45) is 9.35. The number of nitrogens with one attached hydrogen (secondary N) is 1. The zero-order valence-electron chi connectivity index (χ0n) is 11.7. The molecular formula is C15H20N4O. The summed E-state index contributed by atoms with van der Waals surface area (Å²) in [5, 5.41) is 7.17. The third-order valence-electron chi connectivity index (χ3n) is 3.18. The highest BCUT2D eigenvalue weighted by Crippen LogP contribution is 2.15. The van der Waals surface area contributed by atoms with E-state index >= 15 is 0 Å². The van der Waals surface area contributed by atoms with Crippen molar-refractivity contribution in [1.82, 2.24) is 20.1 Å². The van der Waals surface area contributed by atoms with Gasteiger partial charge in [-0.25, -0.2) is 0 Å². The molecule has 2 aromatic rings. The van der Waals surface area contributed by atoms with Crippen LogP contribution in [-0.2, 0) is 11.3 Å². The van der Waals surface area contributed by atoms with Gasteiger partial charge in [0.15, 0.2) is 0 Å². The number of hydrogen-bond donors (Lipinski definition) is 1. The molecule has 0 aliphatic rings. The van der Waals surface area contributed by atoms with E-state index in [0.29, 0.717) is 6.42 Å². The van der Waals surface area contributed by atoms with E-state index in [4.69, 9.17) is 0 Å². The van der Waals surface area contributed by atoms with E-state index < -0.39 is 0 Å². The van der Waals surface area contributed by atoms with E-state index in [1.165, 1.54) is 0 Å². The fourth-order valence-electron chi connectivity index (χ4n) is 2.10. The normalized spacial score (nSPS) is 12.1. The van der Waals surface area contributed by atoms with Crippen LogP contribution in [-0.4, -0.2) is 20.7 Å². The maximum Gasteiger partial charge on any atom is 0.220 e. The summed E-state index contributed by atoms with van der Waals surface area (Å²) in [6, 6.07) is 5.81. The largest absolute Gasteiger partial charge is 0.349 e. The van der Waals surface area contributed by atoms with Gasteiger partial charge in [-0.2, -0.15) is 5.10 Å². The van der Waals surface area contributed by atoms with E-state index in [1.807, 2.05) is 29.1 Å². The molecule has 0 unspecified atom stereocenters. The van der Waals surface area contributed by atoms with E-state index in [-0.39, 0.29) is 11.9 Å². The molecule has 1 atom stereocenters. The predicted molar refractivity (Wildman–Crippen MR) is 76.9 cm³/mol. The Balaban J connectivity index is 1.78. The van der Waals surface area contributed by atoms with Crippen LogP contribution in [0.15, 0.2) is 43.0 Å². The maximum absolute atomic E-state index is 12.0. The molecule has 5 heteroatoms. The molecule has 0 bridgehead atoms. The van der Waals surface area contributed by atoms with Crippen LogP contribution in [0.25, 0.3) is 0 Å². The standard InChI is InChI=1S/C15H20N4O/c1-2-14(13-6-3-8-16-12-13)18-15(20)7-4-10-19-11-5-9-17-19/h3,5-6,8-9,11-12,14H,2,4,7,10H2,1H3,(H,18,20)/t14-/m0/s1. The van der Waals surface area contributed by atoms with Crippen LogP contribution >= 0.6 is 0 Å². The first-order valence-electron chi connectivity index (χ1n) is 6.96. The Morgan fingerprint density at radius 1 is 1.40 bits per heavy atom. The molecule has 20 heavy (non-hydrogen) atoms. The molecule has 2 rings (SSSR count). The van der Waals surface area contributed by atoms with E-state index in [1.54, 1.807) is 18.6 Å². The van der Waals surface area contributed by atoms with Gasteiger partial charge in [0.2, 0.25) is 5.91 Å². The quantitative estimate of drug-likeness (QED) is 0.841. The zero-order chi connectivity index (χ0) is 14.2. The van der Waals surface area contributed by atoms with Gasteiger partial charge in [0.25, 0.3) is 0 Å². The average Bonchev–Trinajstić information content (AvgIpc) is 2.99. The summed E-state index contributed by atoms with van der Waals surface area (Å²) in [6.45, 7) is 2.83. The Bertz CT molecular complexity index is 510. The Labute approximate surface area is 119 Å². The molecule has 0 saturated heterocycles. The van der Waals surface area contributed by atoms with Gasteiger partial charge in [-0.05, 0) is 30.5 Å². The number of carbonyl (C=O) groups is 1. The number of pyridine rings is 1. The van der Waals surface area contributed by atoms with Crippen molar-refractivity contribution >= 4 is 5.91 Å². The number of carbonyl (C=O) groups excluding carboxylic acids is 1. The first kappa shape index (κ1) is 14.2. The van der Waals surface area contributed by atoms with Crippen LogP contribution in [0.1, 0.15) is 37.8 Å². The number of aromatic nitrogens is 3. The number of aryl methyl sites for hydroxylation is 1. The lowest BCUT2D eigenvalue weighted by atomic mass is 10.1. The molecule has 2 heterocycles.